The minimum absolute atomic E-state index is 0.00741. The lowest BCUT2D eigenvalue weighted by Crippen LogP contribution is -2.46. The molecule has 3 rings (SSSR count). The number of hydrogen-bond acceptors (Lipinski definition) is 6. The van der Waals surface area contributed by atoms with Crippen molar-refractivity contribution in [1.82, 2.24) is 24.4 Å². The summed E-state index contributed by atoms with van der Waals surface area (Å²) in [6.45, 7) is 5.67. The quantitative estimate of drug-likeness (QED) is 0.665. The molecule has 0 aliphatic carbocycles. The molecule has 0 atom stereocenters. The predicted molar refractivity (Wildman–Crippen MR) is 114 cm³/mol. The number of carbonyl (C=O) groups is 1. The summed E-state index contributed by atoms with van der Waals surface area (Å²) in [5.74, 6) is 0.973. The molecule has 2 heterocycles. The fourth-order valence-corrected chi connectivity index (χ4v) is 5.10. The van der Waals surface area contributed by atoms with Gasteiger partial charge in [0.05, 0.1) is 12.0 Å². The Balaban J connectivity index is 1.56. The second kappa shape index (κ2) is 9.27. The summed E-state index contributed by atoms with van der Waals surface area (Å²) < 4.78 is 26.6. The zero-order valence-corrected chi connectivity index (χ0v) is 18.6. The van der Waals surface area contributed by atoms with Gasteiger partial charge in [0.1, 0.15) is 0 Å². The van der Waals surface area contributed by atoms with Crippen molar-refractivity contribution in [3.8, 4) is 11.4 Å². The second-order valence-corrected chi connectivity index (χ2v) is 10.1. The minimum Gasteiger partial charge on any atom is -0.353 e. The van der Waals surface area contributed by atoms with E-state index < -0.39 is 10.0 Å². The number of carbonyl (C=O) groups excluding carboxylic acids is 1. The molecule has 0 spiro atoms. The van der Waals surface area contributed by atoms with E-state index in [-0.39, 0.29) is 17.7 Å². The second-order valence-electron chi connectivity index (χ2n) is 7.21. The standard InChI is InChI=1S/C19H27N5O3S2/c1-4-24-18(15-7-5-6-14(2)12-15)21-22-19(24)28-13-17(25)20-16-8-10-23(11-9-16)29(3,26)27/h5-7,12,16H,4,8-11,13H2,1-3H3,(H,20,25). The van der Waals surface area contributed by atoms with Gasteiger partial charge < -0.3 is 9.88 Å². The first-order chi connectivity index (χ1) is 13.8. The van der Waals surface area contributed by atoms with Gasteiger partial charge in [0.25, 0.3) is 0 Å². The van der Waals surface area contributed by atoms with Crippen LogP contribution >= 0.6 is 11.8 Å². The summed E-state index contributed by atoms with van der Waals surface area (Å²) in [6, 6.07) is 8.12. The van der Waals surface area contributed by atoms with Gasteiger partial charge >= 0.3 is 0 Å². The molecule has 0 bridgehead atoms. The van der Waals surface area contributed by atoms with Crippen LogP contribution in [0, 0.1) is 6.92 Å². The number of thioether (sulfide) groups is 1. The van der Waals surface area contributed by atoms with Crippen LogP contribution in [-0.4, -0.2) is 64.5 Å². The van der Waals surface area contributed by atoms with Crippen molar-refractivity contribution < 1.29 is 13.2 Å². The Morgan fingerprint density at radius 2 is 2.00 bits per heavy atom. The fraction of sp³-hybridized carbons (Fsp3) is 0.526. The number of amides is 1. The van der Waals surface area contributed by atoms with E-state index in [9.17, 15) is 13.2 Å². The first-order valence-electron chi connectivity index (χ1n) is 9.65. The van der Waals surface area contributed by atoms with Crippen LogP contribution in [0.25, 0.3) is 11.4 Å². The monoisotopic (exact) mass is 437 g/mol. The Hall–Kier alpha value is -1.91. The highest BCUT2D eigenvalue weighted by molar-refractivity contribution is 7.99. The van der Waals surface area contributed by atoms with Crippen molar-refractivity contribution in [3.05, 3.63) is 29.8 Å². The number of nitrogens with one attached hydrogen (secondary N) is 1. The zero-order chi connectivity index (χ0) is 21.0. The predicted octanol–water partition coefficient (Wildman–Crippen LogP) is 1.91. The Labute approximate surface area is 176 Å². The molecular formula is C19H27N5O3S2. The maximum absolute atomic E-state index is 12.4. The summed E-state index contributed by atoms with van der Waals surface area (Å²) in [7, 11) is -3.16. The van der Waals surface area contributed by atoms with Crippen LogP contribution in [0.5, 0.6) is 0 Å². The molecule has 1 saturated heterocycles. The van der Waals surface area contributed by atoms with Gasteiger partial charge in [-0.25, -0.2) is 12.7 Å². The summed E-state index contributed by atoms with van der Waals surface area (Å²) in [5, 5.41) is 12.3. The lowest BCUT2D eigenvalue weighted by atomic mass is 10.1. The van der Waals surface area contributed by atoms with Gasteiger partial charge in [-0.1, -0.05) is 35.5 Å². The number of aryl methyl sites for hydroxylation is 1. The van der Waals surface area contributed by atoms with E-state index in [1.54, 1.807) is 0 Å². The number of aromatic nitrogens is 3. The van der Waals surface area contributed by atoms with E-state index in [0.717, 1.165) is 17.0 Å². The van der Waals surface area contributed by atoms with Crippen LogP contribution in [0.4, 0.5) is 0 Å². The average molecular weight is 438 g/mol. The van der Waals surface area contributed by atoms with E-state index in [2.05, 4.69) is 21.6 Å². The Morgan fingerprint density at radius 1 is 1.28 bits per heavy atom. The van der Waals surface area contributed by atoms with Crippen LogP contribution in [0.1, 0.15) is 25.3 Å². The van der Waals surface area contributed by atoms with Gasteiger partial charge in [0, 0.05) is 31.2 Å². The third kappa shape index (κ3) is 5.58. The lowest BCUT2D eigenvalue weighted by Gasteiger charge is -2.30. The van der Waals surface area contributed by atoms with E-state index in [1.165, 1.54) is 22.3 Å². The molecule has 10 heteroatoms. The fourth-order valence-electron chi connectivity index (χ4n) is 3.41. The van der Waals surface area contributed by atoms with E-state index in [0.29, 0.717) is 37.6 Å². The molecule has 1 aliphatic heterocycles. The molecule has 1 N–H and O–H groups in total. The van der Waals surface area contributed by atoms with Gasteiger partial charge in [-0.2, -0.15) is 0 Å². The summed E-state index contributed by atoms with van der Waals surface area (Å²) in [6.07, 6.45) is 2.48. The van der Waals surface area contributed by atoms with Crippen LogP contribution in [0.15, 0.2) is 29.4 Å². The van der Waals surface area contributed by atoms with Crippen molar-refractivity contribution in [2.75, 3.05) is 25.1 Å². The highest BCUT2D eigenvalue weighted by Crippen LogP contribution is 2.24. The highest BCUT2D eigenvalue weighted by atomic mass is 32.2. The molecule has 2 aromatic rings. The van der Waals surface area contributed by atoms with Gasteiger partial charge in [-0.3, -0.25) is 4.79 Å². The summed E-state index contributed by atoms with van der Waals surface area (Å²) in [5.41, 5.74) is 2.16. The van der Waals surface area contributed by atoms with Crippen LogP contribution in [-0.2, 0) is 21.4 Å². The number of rotatable bonds is 7. The van der Waals surface area contributed by atoms with E-state index >= 15 is 0 Å². The van der Waals surface area contributed by atoms with Crippen LogP contribution in [0.2, 0.25) is 0 Å². The largest absolute Gasteiger partial charge is 0.353 e. The van der Waals surface area contributed by atoms with Crippen LogP contribution in [0.3, 0.4) is 0 Å². The van der Waals surface area contributed by atoms with Gasteiger partial charge in [0.2, 0.25) is 15.9 Å². The smallest absolute Gasteiger partial charge is 0.230 e. The van der Waals surface area contributed by atoms with Crippen molar-refractivity contribution >= 4 is 27.7 Å². The number of hydrogen-bond donors (Lipinski definition) is 1. The Kier molecular flexibility index (Phi) is 6.97. The van der Waals surface area contributed by atoms with E-state index in [4.69, 9.17) is 0 Å². The molecule has 0 radical (unpaired) electrons. The molecular weight excluding hydrogens is 410 g/mol. The van der Waals surface area contributed by atoms with Crippen molar-refractivity contribution in [2.24, 2.45) is 0 Å². The molecule has 29 heavy (non-hydrogen) atoms. The normalized spacial score (nSPS) is 16.1. The third-order valence-corrected chi connectivity index (χ3v) is 7.20. The number of sulfonamides is 1. The lowest BCUT2D eigenvalue weighted by molar-refractivity contribution is -0.119. The van der Waals surface area contributed by atoms with Crippen molar-refractivity contribution in [2.45, 2.75) is 44.4 Å². The Morgan fingerprint density at radius 3 is 2.62 bits per heavy atom. The third-order valence-electron chi connectivity index (χ3n) is 4.93. The Bertz CT molecular complexity index is 966. The first-order valence-corrected chi connectivity index (χ1v) is 12.5. The summed E-state index contributed by atoms with van der Waals surface area (Å²) in [4.78, 5) is 12.4. The molecule has 1 aromatic heterocycles. The summed E-state index contributed by atoms with van der Waals surface area (Å²) >= 11 is 1.36. The number of piperidine rings is 1. The van der Waals surface area contributed by atoms with Gasteiger partial charge in [-0.05, 0) is 32.8 Å². The number of nitrogens with zero attached hydrogens (tertiary/aromatic N) is 4. The molecule has 1 amide bonds. The number of benzene rings is 1. The first kappa shape index (κ1) is 21.8. The van der Waals surface area contributed by atoms with Crippen LogP contribution < -0.4 is 5.32 Å². The van der Waals surface area contributed by atoms with Gasteiger partial charge in [-0.15, -0.1) is 10.2 Å². The maximum atomic E-state index is 12.4. The molecule has 0 saturated carbocycles. The molecule has 158 valence electrons. The molecule has 8 nitrogen and oxygen atoms in total. The SMILES string of the molecule is CCn1c(SCC(=O)NC2CCN(S(C)(=O)=O)CC2)nnc1-c1cccc(C)c1. The molecule has 1 aliphatic rings. The van der Waals surface area contributed by atoms with Gasteiger partial charge in [0.15, 0.2) is 11.0 Å². The maximum Gasteiger partial charge on any atom is 0.230 e. The average Bonchev–Trinajstić information content (AvgIpc) is 3.09. The van der Waals surface area contributed by atoms with Crippen molar-refractivity contribution in [3.63, 3.8) is 0 Å². The van der Waals surface area contributed by atoms with E-state index in [1.807, 2.05) is 36.6 Å². The highest BCUT2D eigenvalue weighted by Gasteiger charge is 2.26. The minimum atomic E-state index is -3.16. The molecule has 0 unspecified atom stereocenters. The zero-order valence-electron chi connectivity index (χ0n) is 17.0. The molecule has 1 aromatic carbocycles. The van der Waals surface area contributed by atoms with Crippen molar-refractivity contribution in [1.29, 1.82) is 0 Å². The molecule has 1 fully saturated rings. The topological polar surface area (TPSA) is 97.2 Å².